The third-order valence-corrected chi connectivity index (χ3v) is 14.0. The van der Waals surface area contributed by atoms with Crippen LogP contribution >= 0.6 is 0 Å². The summed E-state index contributed by atoms with van der Waals surface area (Å²) in [6.45, 7) is 4.94. The first kappa shape index (κ1) is 55.2. The lowest BCUT2D eigenvalue weighted by molar-refractivity contribution is -0.285. The van der Waals surface area contributed by atoms with Gasteiger partial charge in [-0.25, -0.2) is 28.8 Å². The molecule has 3 aliphatic rings. The van der Waals surface area contributed by atoms with Crippen molar-refractivity contribution in [3.63, 3.8) is 0 Å². The number of benzene rings is 5. The molecule has 83 heavy (non-hydrogen) atoms. The molecule has 3 aliphatic heterocycles. The molecule has 0 saturated carbocycles. The van der Waals surface area contributed by atoms with Crippen LogP contribution in [0.25, 0.3) is 60.5 Å². The van der Waals surface area contributed by atoms with Crippen LogP contribution in [0.1, 0.15) is 63.3 Å². The van der Waals surface area contributed by atoms with Gasteiger partial charge in [-0.15, -0.1) is 0 Å². The number of carbonyl (C=O) groups excluding carboxylic acids is 4. The number of rotatable bonds is 6. The van der Waals surface area contributed by atoms with E-state index in [1.165, 1.54) is 0 Å². The second kappa shape index (κ2) is 19.6. The predicted octanol–water partition coefficient (Wildman–Crippen LogP) is 4.21. The molecule has 30 heteroatoms. The fourth-order valence-electron chi connectivity index (χ4n) is 10.0. The van der Waals surface area contributed by atoms with Crippen molar-refractivity contribution in [2.45, 2.75) is 63.5 Å². The van der Waals surface area contributed by atoms with Gasteiger partial charge in [-0.2, -0.15) is 0 Å². The maximum atomic E-state index is 15.4. The van der Waals surface area contributed by atoms with Crippen molar-refractivity contribution >= 4 is 62.2 Å². The van der Waals surface area contributed by atoms with E-state index < -0.39 is 253 Å². The Labute approximate surface area is 457 Å². The lowest BCUT2D eigenvalue weighted by Gasteiger charge is -2.43. The molecule has 5 heterocycles. The highest BCUT2D eigenvalue weighted by Crippen LogP contribution is 2.58. The molecule has 5 aromatic carbocycles. The highest BCUT2D eigenvalue weighted by molar-refractivity contribution is 6.31. The summed E-state index contributed by atoms with van der Waals surface area (Å²) < 4.78 is 45.0. The molecule has 0 radical (unpaired) electrons. The van der Waals surface area contributed by atoms with Gasteiger partial charge in [-0.1, -0.05) is 20.4 Å². The van der Waals surface area contributed by atoms with E-state index in [0.29, 0.717) is 24.3 Å². The molecule has 0 spiro atoms. The van der Waals surface area contributed by atoms with Gasteiger partial charge in [0.1, 0.15) is 18.3 Å². The molecular weight excluding hydrogens is 1120 g/mol. The van der Waals surface area contributed by atoms with Crippen molar-refractivity contribution in [1.29, 1.82) is 0 Å². The number of aromatic hydroxyl groups is 12. The zero-order valence-electron chi connectivity index (χ0n) is 42.0. The molecule has 16 N–H and O–H groups in total. The van der Waals surface area contributed by atoms with Gasteiger partial charge in [0.05, 0.1) is 39.1 Å². The SMILES string of the molecule is C=C/C(O)=C(O)\C(O)=C1/C(=O)OCC2OC(O)C3OC(=O)c4cc(O)c(O)c(O)c4-c4c(cc(O)c(O)c4O)C(=O)OC3C2OC(=O)c2cc(OC(CC)CC)c(O)c(O)c2-c2c(O)c(O)c3oc(=O)c4c1c(O)c(O)c1oc(=O)c2c3c14. The van der Waals surface area contributed by atoms with Crippen LogP contribution in [-0.4, -0.2) is 149 Å². The number of phenols is 12. The van der Waals surface area contributed by atoms with Crippen molar-refractivity contribution in [3.8, 4) is 97.0 Å². The van der Waals surface area contributed by atoms with E-state index in [9.17, 15) is 106 Å². The summed E-state index contributed by atoms with van der Waals surface area (Å²) in [6.07, 6.45) is -13.0. The maximum absolute atomic E-state index is 15.4. The lowest BCUT2D eigenvalue weighted by Crippen LogP contribution is -2.62. The number of carbonyl (C=O) groups is 4. The number of hydrogen-bond acceptors (Lipinski definition) is 30. The highest BCUT2D eigenvalue weighted by atomic mass is 16.7. The van der Waals surface area contributed by atoms with Crippen LogP contribution in [0.4, 0.5) is 0 Å². The monoisotopic (exact) mass is 1160 g/mol. The Hall–Kier alpha value is -11.1. The number of phenolic OH excluding ortho intramolecular Hbond substituents is 12. The van der Waals surface area contributed by atoms with E-state index >= 15 is 4.79 Å². The van der Waals surface area contributed by atoms with Gasteiger partial charge in [0.2, 0.25) is 34.5 Å². The van der Waals surface area contributed by atoms with E-state index in [2.05, 4.69) is 6.58 Å². The predicted molar refractivity (Wildman–Crippen MR) is 271 cm³/mol. The maximum Gasteiger partial charge on any atom is 0.345 e. The van der Waals surface area contributed by atoms with Gasteiger partial charge in [-0.3, -0.25) is 0 Å². The number of aliphatic hydroxyl groups excluding tert-OH is 4. The second-order valence-corrected chi connectivity index (χ2v) is 18.6. The summed E-state index contributed by atoms with van der Waals surface area (Å²) in [4.78, 5) is 88.1. The molecule has 5 atom stereocenters. The Balaban J connectivity index is 1.32. The van der Waals surface area contributed by atoms with Crippen molar-refractivity contribution in [2.24, 2.45) is 0 Å². The number of cyclic esters (lactones) is 1. The minimum atomic E-state index is -2.73. The zero-order chi connectivity index (χ0) is 60.4. The van der Waals surface area contributed by atoms with Crippen molar-refractivity contribution < 1.29 is 138 Å². The van der Waals surface area contributed by atoms with Gasteiger partial charge in [0.25, 0.3) is 0 Å². The number of hydrogen-bond donors (Lipinski definition) is 16. The second-order valence-electron chi connectivity index (χ2n) is 18.6. The quantitative estimate of drug-likeness (QED) is 0.0162. The molecule has 30 nitrogen and oxygen atoms in total. The standard InChI is InChI=1S/C53H40O30/c1-4-11(5-2)77-18-9-14-22(36(63)33(18)60)23-27-25-26-28(52(74)81-43(25)40(67)37(23)64)24(38(65)41(68)44(26)80-51(27)73)29(39(66)30(57)15(54)6-3)50(72)76-10-19-42(79-49(14)71)45-46(53(75)78-19)83-48(70)13-8-17(56)32(59)35(62)21(13)20-12(47(69)82-45)7-16(55)31(58)34(20)61/h6-9,11,19,42,45-46,53-68,75H,3-5,10H2,1-2H3/b30-15-,39-29+. The number of esters is 4. The third-order valence-electron chi connectivity index (χ3n) is 14.0. The van der Waals surface area contributed by atoms with Crippen molar-refractivity contribution in [1.82, 2.24) is 0 Å². The van der Waals surface area contributed by atoms with Crippen LogP contribution in [0.3, 0.4) is 0 Å². The van der Waals surface area contributed by atoms with Crippen LogP contribution < -0.4 is 16.0 Å². The van der Waals surface area contributed by atoms with Gasteiger partial charge in [-0.05, 0) is 37.1 Å². The number of aliphatic hydroxyl groups is 4. The fourth-order valence-corrected chi connectivity index (χ4v) is 10.0. The fraction of sp³-hybridized carbons (Fsp3) is 0.208. The Kier molecular flexibility index (Phi) is 13.0. The summed E-state index contributed by atoms with van der Waals surface area (Å²) in [5.74, 6) is -30.8. The Morgan fingerprint density at radius 2 is 0.988 bits per heavy atom. The van der Waals surface area contributed by atoms with Crippen LogP contribution in [0, 0.1) is 0 Å². The Morgan fingerprint density at radius 1 is 0.554 bits per heavy atom. The number of fused-ring (bicyclic) bond motifs is 8. The lowest BCUT2D eigenvalue weighted by atomic mass is 9.88. The van der Waals surface area contributed by atoms with E-state index in [4.69, 9.17) is 37.3 Å². The first-order valence-corrected chi connectivity index (χ1v) is 24.0. The first-order valence-electron chi connectivity index (χ1n) is 24.0. The number of ether oxygens (including phenoxy) is 6. The van der Waals surface area contributed by atoms with Crippen LogP contribution in [0.15, 0.2) is 66.6 Å². The van der Waals surface area contributed by atoms with E-state index in [1.807, 2.05) is 0 Å². The molecule has 2 aromatic heterocycles. The molecule has 432 valence electrons. The van der Waals surface area contributed by atoms with Gasteiger partial charge >= 0.3 is 35.1 Å². The molecule has 10 rings (SSSR count). The number of allylic oxidation sites excluding steroid dienone is 1. The summed E-state index contributed by atoms with van der Waals surface area (Å²) in [7, 11) is 0. The summed E-state index contributed by atoms with van der Waals surface area (Å²) in [6, 6.07) is 1.43. The molecule has 0 aliphatic carbocycles. The zero-order valence-corrected chi connectivity index (χ0v) is 42.0. The van der Waals surface area contributed by atoms with Crippen LogP contribution in [0.5, 0.6) is 74.7 Å². The highest BCUT2D eigenvalue weighted by Gasteiger charge is 2.54. The third kappa shape index (κ3) is 8.08. The molecular formula is C53H40O30. The Bertz CT molecular complexity index is 4250. The Morgan fingerprint density at radius 3 is 1.49 bits per heavy atom. The smallest absolute Gasteiger partial charge is 0.345 e. The molecule has 5 unspecified atom stereocenters. The van der Waals surface area contributed by atoms with Gasteiger partial charge in [0, 0.05) is 33.0 Å². The molecule has 0 amide bonds. The van der Waals surface area contributed by atoms with Crippen molar-refractivity contribution in [3.05, 3.63) is 91.2 Å². The van der Waals surface area contributed by atoms with Crippen LogP contribution in [-0.2, 0) is 28.5 Å². The first-order chi connectivity index (χ1) is 39.2. The van der Waals surface area contributed by atoms with Gasteiger partial charge in [0.15, 0.2) is 93.3 Å². The summed E-state index contributed by atoms with van der Waals surface area (Å²) in [5, 5.41) is 176. The summed E-state index contributed by atoms with van der Waals surface area (Å²) in [5.41, 5.74) is -17.0. The molecule has 6 bridgehead atoms. The van der Waals surface area contributed by atoms with E-state index in [0.717, 1.165) is 0 Å². The average molecular weight is 1160 g/mol. The minimum Gasteiger partial charge on any atom is -0.504 e. The topological polar surface area (TPSA) is 508 Å². The normalized spacial score (nSPS) is 20.0. The summed E-state index contributed by atoms with van der Waals surface area (Å²) >= 11 is 0. The van der Waals surface area contributed by atoms with Crippen LogP contribution in [0.2, 0.25) is 0 Å². The minimum absolute atomic E-state index is 0.191. The van der Waals surface area contributed by atoms with Crippen molar-refractivity contribution in [2.75, 3.05) is 6.61 Å². The largest absolute Gasteiger partial charge is 0.504 e. The molecule has 1 fully saturated rings. The van der Waals surface area contributed by atoms with E-state index in [-0.39, 0.29) is 12.8 Å². The van der Waals surface area contributed by atoms with Gasteiger partial charge < -0.3 is 119 Å². The average Bonchev–Trinajstić information content (AvgIpc) is 0.930. The molecule has 7 aromatic rings. The van der Waals surface area contributed by atoms with E-state index in [1.54, 1.807) is 13.8 Å². The molecule has 1 saturated heterocycles.